The maximum absolute atomic E-state index is 7.02. The predicted molar refractivity (Wildman–Crippen MR) is 205 cm³/mol. The number of rotatable bonds is 14. The van der Waals surface area contributed by atoms with E-state index in [1.807, 2.05) is 0 Å². The van der Waals surface area contributed by atoms with E-state index in [1.54, 1.807) is 0 Å². The first-order valence-electron chi connectivity index (χ1n) is 18.8. The first-order valence-corrected chi connectivity index (χ1v) is 22.0. The molecule has 0 spiro atoms. The van der Waals surface area contributed by atoms with Crippen molar-refractivity contribution < 1.29 is 18.8 Å². The molecule has 4 aromatic rings. The third-order valence-electron chi connectivity index (χ3n) is 11.3. The van der Waals surface area contributed by atoms with Gasteiger partial charge in [0, 0.05) is 22.7 Å². The number of unbranched alkanes of at least 4 members (excludes halogenated alkanes) is 7. The molecular weight excluding hydrogens is 609 g/mol. The lowest BCUT2D eigenvalue weighted by Crippen LogP contribution is -2.46. The van der Waals surface area contributed by atoms with Crippen LogP contribution in [0.3, 0.4) is 0 Å². The van der Waals surface area contributed by atoms with Gasteiger partial charge in [0.2, 0.25) is 0 Å². The minimum absolute atomic E-state index is 0.305. The molecule has 2 aliphatic rings. The van der Waals surface area contributed by atoms with Crippen molar-refractivity contribution in [1.82, 2.24) is 4.57 Å². The third-order valence-corrected chi connectivity index (χ3v) is 14.7. The standard InChI is InChI=1S/C41H58BNO4Si/c1-8-9-10-11-12-13-14-21-28-48(6,7)31-29-34(42-46-40(2,3)41(4,5)47-42)39(45-38-26-19-20-27-44-38)37(30-31)43-35-24-17-15-22-32(35)33-23-16-18-25-36(33)43/h15-18,22-25,29-30,38H,8-14,19-21,26-28H2,1-7H3. The summed E-state index contributed by atoms with van der Waals surface area (Å²) in [6, 6.07) is 23.6. The van der Waals surface area contributed by atoms with E-state index in [1.165, 1.54) is 84.4 Å². The molecule has 258 valence electrons. The molecule has 0 N–H and O–H groups in total. The van der Waals surface area contributed by atoms with Crippen LogP contribution < -0.4 is 15.4 Å². The number of hydrogen-bond donors (Lipinski definition) is 0. The van der Waals surface area contributed by atoms with Crippen molar-refractivity contribution in [1.29, 1.82) is 0 Å². The first-order chi connectivity index (χ1) is 23.0. The molecule has 0 bridgehead atoms. The summed E-state index contributed by atoms with van der Waals surface area (Å²) in [7, 11) is -2.43. The zero-order chi connectivity index (χ0) is 33.9. The summed E-state index contributed by atoms with van der Waals surface area (Å²) in [6.45, 7) is 16.6. The Kier molecular flexibility index (Phi) is 10.8. The van der Waals surface area contributed by atoms with Gasteiger partial charge < -0.3 is 23.3 Å². The van der Waals surface area contributed by atoms with Crippen molar-refractivity contribution in [3.8, 4) is 11.4 Å². The maximum atomic E-state index is 7.02. The lowest BCUT2D eigenvalue weighted by Gasteiger charge is -2.32. The summed E-state index contributed by atoms with van der Waals surface area (Å²) >= 11 is 0. The number of nitrogens with zero attached hydrogens (tertiary/aromatic N) is 1. The highest BCUT2D eigenvalue weighted by atomic mass is 28.3. The number of fused-ring (bicyclic) bond motifs is 3. The Morgan fingerprint density at radius 3 is 1.96 bits per heavy atom. The van der Waals surface area contributed by atoms with Crippen LogP contribution in [0, 0.1) is 0 Å². The third kappa shape index (κ3) is 7.31. The quantitative estimate of drug-likeness (QED) is 0.0992. The summed E-state index contributed by atoms with van der Waals surface area (Å²) in [4.78, 5) is 0. The molecule has 0 aliphatic carbocycles. The lowest BCUT2D eigenvalue weighted by atomic mass is 9.78. The number of hydrogen-bond acceptors (Lipinski definition) is 4. The molecule has 1 unspecified atom stereocenters. The fourth-order valence-electron chi connectivity index (χ4n) is 7.43. The molecule has 0 amide bonds. The fourth-order valence-corrected chi connectivity index (χ4v) is 9.92. The Balaban J connectivity index is 1.48. The van der Waals surface area contributed by atoms with E-state index in [9.17, 15) is 0 Å². The van der Waals surface area contributed by atoms with Crippen molar-refractivity contribution in [3.63, 3.8) is 0 Å². The van der Waals surface area contributed by atoms with Crippen molar-refractivity contribution >= 4 is 47.6 Å². The van der Waals surface area contributed by atoms with E-state index in [4.69, 9.17) is 18.8 Å². The summed E-state index contributed by atoms with van der Waals surface area (Å²) in [5, 5.41) is 3.90. The second-order valence-corrected chi connectivity index (χ2v) is 20.7. The normalized spacial score (nSPS) is 19.4. The Hall–Kier alpha value is -2.58. The average Bonchev–Trinajstić information content (AvgIpc) is 3.51. The van der Waals surface area contributed by atoms with Crippen molar-refractivity contribution in [2.45, 2.75) is 142 Å². The predicted octanol–water partition coefficient (Wildman–Crippen LogP) is 10.0. The van der Waals surface area contributed by atoms with Gasteiger partial charge in [0.05, 0.1) is 42.6 Å². The van der Waals surface area contributed by atoms with Crippen LogP contribution in [0.15, 0.2) is 60.7 Å². The molecule has 1 aromatic heterocycles. The molecule has 2 saturated heterocycles. The van der Waals surface area contributed by atoms with Crippen molar-refractivity contribution in [2.24, 2.45) is 0 Å². The molecule has 48 heavy (non-hydrogen) atoms. The fraction of sp³-hybridized carbons (Fsp3) is 0.561. The van der Waals surface area contributed by atoms with Crippen molar-refractivity contribution in [2.75, 3.05) is 6.61 Å². The molecule has 3 aromatic carbocycles. The van der Waals surface area contributed by atoms with Crippen LogP contribution in [0.1, 0.15) is 105 Å². The largest absolute Gasteiger partial charge is 0.498 e. The van der Waals surface area contributed by atoms with Crippen LogP contribution in [-0.2, 0) is 14.0 Å². The Bertz CT molecular complexity index is 1620. The molecule has 0 radical (unpaired) electrons. The van der Waals surface area contributed by atoms with Gasteiger partial charge >= 0.3 is 7.12 Å². The first kappa shape index (κ1) is 35.3. The summed E-state index contributed by atoms with van der Waals surface area (Å²) in [6.07, 6.45) is 13.5. The zero-order valence-electron chi connectivity index (χ0n) is 30.7. The molecule has 2 fully saturated rings. The van der Waals surface area contributed by atoms with E-state index < -0.39 is 26.4 Å². The highest BCUT2D eigenvalue weighted by Crippen LogP contribution is 2.40. The van der Waals surface area contributed by atoms with Gasteiger partial charge in [0.1, 0.15) is 5.75 Å². The van der Waals surface area contributed by atoms with Gasteiger partial charge in [-0.25, -0.2) is 0 Å². The van der Waals surface area contributed by atoms with E-state index in [0.717, 1.165) is 42.8 Å². The number of benzene rings is 3. The van der Waals surface area contributed by atoms with Crippen LogP contribution in [-0.4, -0.2) is 43.9 Å². The van der Waals surface area contributed by atoms with Crippen LogP contribution in [0.2, 0.25) is 19.1 Å². The van der Waals surface area contributed by atoms with Crippen molar-refractivity contribution in [3.05, 3.63) is 60.7 Å². The van der Waals surface area contributed by atoms with E-state index in [0.29, 0.717) is 0 Å². The molecule has 2 aliphatic heterocycles. The second-order valence-electron chi connectivity index (χ2n) is 15.9. The lowest BCUT2D eigenvalue weighted by molar-refractivity contribution is -0.105. The second kappa shape index (κ2) is 14.7. The van der Waals surface area contributed by atoms with Crippen LogP contribution in [0.5, 0.6) is 5.75 Å². The minimum atomic E-state index is -1.88. The van der Waals surface area contributed by atoms with E-state index in [2.05, 4.69) is 113 Å². The van der Waals surface area contributed by atoms with Crippen LogP contribution in [0.25, 0.3) is 27.5 Å². The molecule has 0 saturated carbocycles. The number of para-hydroxylation sites is 2. The van der Waals surface area contributed by atoms with Gasteiger partial charge in [0.25, 0.3) is 0 Å². The Morgan fingerprint density at radius 2 is 1.38 bits per heavy atom. The monoisotopic (exact) mass is 667 g/mol. The summed E-state index contributed by atoms with van der Waals surface area (Å²) in [5.74, 6) is 0.813. The maximum Gasteiger partial charge on any atom is 0.498 e. The Labute approximate surface area is 290 Å². The smallest absolute Gasteiger partial charge is 0.463 e. The van der Waals surface area contributed by atoms with Gasteiger partial charge in [-0.05, 0) is 58.7 Å². The molecule has 1 atom stereocenters. The van der Waals surface area contributed by atoms with E-state index >= 15 is 0 Å². The SMILES string of the molecule is CCCCCCCCCC[Si](C)(C)c1cc(B2OC(C)(C)C(C)(C)O2)c(OC2CCCCO2)c(-n2c3ccccc3c3ccccc32)c1. The zero-order valence-corrected chi connectivity index (χ0v) is 31.7. The van der Waals surface area contributed by atoms with Gasteiger partial charge in [-0.15, -0.1) is 0 Å². The van der Waals surface area contributed by atoms with E-state index in [-0.39, 0.29) is 6.29 Å². The Morgan fingerprint density at radius 1 is 0.792 bits per heavy atom. The summed E-state index contributed by atoms with van der Waals surface area (Å²) < 4.78 is 29.3. The minimum Gasteiger partial charge on any atom is -0.463 e. The summed E-state index contributed by atoms with van der Waals surface area (Å²) in [5.41, 5.74) is 3.45. The number of aromatic nitrogens is 1. The highest BCUT2D eigenvalue weighted by Gasteiger charge is 2.53. The van der Waals surface area contributed by atoms with Gasteiger partial charge in [-0.3, -0.25) is 0 Å². The number of ether oxygens (including phenoxy) is 2. The van der Waals surface area contributed by atoms with Crippen LogP contribution in [0.4, 0.5) is 0 Å². The van der Waals surface area contributed by atoms with Gasteiger partial charge in [-0.1, -0.05) is 125 Å². The molecule has 5 nitrogen and oxygen atoms in total. The van der Waals surface area contributed by atoms with Gasteiger partial charge in [0.15, 0.2) is 6.29 Å². The van der Waals surface area contributed by atoms with Gasteiger partial charge in [-0.2, -0.15) is 0 Å². The van der Waals surface area contributed by atoms with Crippen LogP contribution >= 0.6 is 0 Å². The molecule has 3 heterocycles. The average molecular weight is 668 g/mol. The molecule has 6 rings (SSSR count). The molecular formula is C41H58BNO4Si. The molecule has 7 heteroatoms. The highest BCUT2D eigenvalue weighted by molar-refractivity contribution is 6.90. The topological polar surface area (TPSA) is 41.9 Å².